The average Bonchev–Trinajstić information content (AvgIpc) is 2.41. The van der Waals surface area contributed by atoms with Crippen molar-refractivity contribution < 1.29 is 9.53 Å². The topological polar surface area (TPSA) is 51.2 Å². The van der Waals surface area contributed by atoms with E-state index >= 15 is 0 Å². The number of nitrogens with one attached hydrogen (secondary N) is 1. The van der Waals surface area contributed by atoms with Gasteiger partial charge in [-0.05, 0) is 50.2 Å². The molecule has 1 aromatic carbocycles. The number of pyridine rings is 1. The second kappa shape index (κ2) is 6.85. The Balaban J connectivity index is 1.91. The van der Waals surface area contributed by atoms with E-state index in [-0.39, 0.29) is 6.61 Å². The van der Waals surface area contributed by atoms with Crippen LogP contribution in [0.2, 0.25) is 0 Å². The van der Waals surface area contributed by atoms with Crippen LogP contribution in [-0.4, -0.2) is 11.1 Å². The van der Waals surface area contributed by atoms with Crippen LogP contribution in [0.1, 0.15) is 5.56 Å². The second-order valence-electron chi connectivity index (χ2n) is 3.67. The molecule has 0 spiro atoms. The van der Waals surface area contributed by atoms with Crippen molar-refractivity contribution in [2.75, 3.05) is 5.32 Å². The maximum Gasteiger partial charge on any atom is 0.413 e. The van der Waals surface area contributed by atoms with Crippen LogP contribution in [0.3, 0.4) is 0 Å². The van der Waals surface area contributed by atoms with Gasteiger partial charge in [0.2, 0.25) is 0 Å². The van der Waals surface area contributed by atoms with Crippen molar-refractivity contribution in [3.8, 4) is 0 Å². The Bertz CT molecular complexity index is 578. The van der Waals surface area contributed by atoms with Crippen LogP contribution in [-0.2, 0) is 11.3 Å². The van der Waals surface area contributed by atoms with E-state index in [9.17, 15) is 4.79 Å². The van der Waals surface area contributed by atoms with Gasteiger partial charge in [-0.2, -0.15) is 0 Å². The summed E-state index contributed by atoms with van der Waals surface area (Å²) in [6.07, 6.45) is 1.10. The summed E-state index contributed by atoms with van der Waals surface area (Å²) in [6, 6.07) is 11.4. The minimum absolute atomic E-state index is 0.236. The van der Waals surface area contributed by atoms with E-state index in [2.05, 4.69) is 48.8 Å². The largest absolute Gasteiger partial charge is 0.444 e. The molecule has 0 radical (unpaired) electrons. The van der Waals surface area contributed by atoms with Gasteiger partial charge in [0.1, 0.15) is 12.4 Å². The molecule has 1 aromatic heterocycles. The Labute approximate surface area is 132 Å². The molecule has 0 aliphatic rings. The summed E-state index contributed by atoms with van der Waals surface area (Å²) in [5.74, 6) is 0.488. The fourth-order valence-corrected chi connectivity index (χ4v) is 2.73. The molecular formula is C13H10BrIN2O2. The zero-order valence-corrected chi connectivity index (χ0v) is 13.5. The molecule has 0 saturated heterocycles. The molecule has 6 heteroatoms. The third-order valence-electron chi connectivity index (χ3n) is 2.24. The molecule has 0 aliphatic heterocycles. The number of hydrogen-bond donors (Lipinski definition) is 1. The minimum Gasteiger partial charge on any atom is -0.444 e. The van der Waals surface area contributed by atoms with Gasteiger partial charge in [0.25, 0.3) is 0 Å². The third-order valence-corrected chi connectivity index (χ3v) is 3.50. The van der Waals surface area contributed by atoms with Crippen LogP contribution in [0.15, 0.2) is 47.1 Å². The number of carbonyl (C=O) groups excluding carboxylic acids is 1. The van der Waals surface area contributed by atoms with Gasteiger partial charge >= 0.3 is 6.09 Å². The molecule has 0 saturated carbocycles. The van der Waals surface area contributed by atoms with E-state index in [4.69, 9.17) is 4.74 Å². The summed E-state index contributed by atoms with van der Waals surface area (Å²) in [7, 11) is 0. The van der Waals surface area contributed by atoms with Crippen LogP contribution in [0.25, 0.3) is 0 Å². The standard InChI is InChI=1S/C13H10BrIN2O2/c14-10-6-11(15)12(16-7-10)17-13(18)19-8-9-4-2-1-3-5-9/h1-7H,8H2,(H,16,17,18). The van der Waals surface area contributed by atoms with Gasteiger partial charge in [-0.1, -0.05) is 30.3 Å². The minimum atomic E-state index is -0.517. The zero-order chi connectivity index (χ0) is 13.7. The van der Waals surface area contributed by atoms with Crippen molar-refractivity contribution in [1.29, 1.82) is 0 Å². The first kappa shape index (κ1) is 14.3. The molecule has 19 heavy (non-hydrogen) atoms. The lowest BCUT2D eigenvalue weighted by molar-refractivity contribution is 0.155. The maximum atomic E-state index is 11.6. The predicted octanol–water partition coefficient (Wildman–Crippen LogP) is 4.20. The fraction of sp³-hybridized carbons (Fsp3) is 0.0769. The van der Waals surface area contributed by atoms with Crippen molar-refractivity contribution in [2.45, 2.75) is 6.61 Å². The molecule has 0 bridgehead atoms. The van der Waals surface area contributed by atoms with Crippen LogP contribution in [0.5, 0.6) is 0 Å². The number of halogens is 2. The van der Waals surface area contributed by atoms with E-state index in [1.54, 1.807) is 6.20 Å². The van der Waals surface area contributed by atoms with Gasteiger partial charge in [0, 0.05) is 10.7 Å². The molecule has 0 atom stereocenters. The lowest BCUT2D eigenvalue weighted by Crippen LogP contribution is -2.15. The summed E-state index contributed by atoms with van der Waals surface area (Å²) in [6.45, 7) is 0.236. The highest BCUT2D eigenvalue weighted by molar-refractivity contribution is 14.1. The van der Waals surface area contributed by atoms with Gasteiger partial charge in [0.05, 0.1) is 3.57 Å². The summed E-state index contributed by atoms with van der Waals surface area (Å²) in [5, 5.41) is 2.61. The quantitative estimate of drug-likeness (QED) is 0.739. The Morgan fingerprint density at radius 1 is 1.37 bits per heavy atom. The summed E-state index contributed by atoms with van der Waals surface area (Å²) < 4.78 is 6.81. The first-order valence-electron chi connectivity index (χ1n) is 5.44. The monoisotopic (exact) mass is 432 g/mol. The molecular weight excluding hydrogens is 423 g/mol. The maximum absolute atomic E-state index is 11.6. The second-order valence-corrected chi connectivity index (χ2v) is 5.75. The predicted molar refractivity (Wildman–Crippen MR) is 84.9 cm³/mol. The molecule has 2 rings (SSSR count). The number of anilines is 1. The normalized spacial score (nSPS) is 10.0. The van der Waals surface area contributed by atoms with Crippen LogP contribution >= 0.6 is 38.5 Å². The lowest BCUT2D eigenvalue weighted by Gasteiger charge is -2.08. The third kappa shape index (κ3) is 4.46. The number of benzene rings is 1. The van der Waals surface area contributed by atoms with Crippen molar-refractivity contribution in [3.05, 3.63) is 56.2 Å². The molecule has 2 aromatic rings. The van der Waals surface area contributed by atoms with Crippen molar-refractivity contribution in [1.82, 2.24) is 4.98 Å². The highest BCUT2D eigenvalue weighted by atomic mass is 127. The number of hydrogen-bond acceptors (Lipinski definition) is 3. The summed E-state index contributed by atoms with van der Waals surface area (Å²) in [5.41, 5.74) is 0.941. The van der Waals surface area contributed by atoms with E-state index in [1.807, 2.05) is 36.4 Å². The summed E-state index contributed by atoms with van der Waals surface area (Å²) in [4.78, 5) is 15.7. The molecule has 1 N–H and O–H groups in total. The van der Waals surface area contributed by atoms with E-state index in [0.29, 0.717) is 5.82 Å². The number of aromatic nitrogens is 1. The average molecular weight is 433 g/mol. The molecule has 98 valence electrons. The van der Waals surface area contributed by atoms with E-state index in [1.165, 1.54) is 0 Å². The van der Waals surface area contributed by atoms with Gasteiger partial charge in [-0.15, -0.1) is 0 Å². The van der Waals surface area contributed by atoms with Gasteiger partial charge in [-0.25, -0.2) is 9.78 Å². The number of carbonyl (C=O) groups is 1. The fourth-order valence-electron chi connectivity index (χ4n) is 1.36. The highest BCUT2D eigenvalue weighted by Gasteiger charge is 2.08. The van der Waals surface area contributed by atoms with Crippen LogP contribution in [0, 0.1) is 3.57 Å². The number of amides is 1. The Kier molecular flexibility index (Phi) is 5.15. The number of rotatable bonds is 3. The van der Waals surface area contributed by atoms with Gasteiger partial charge in [0.15, 0.2) is 0 Å². The molecule has 1 heterocycles. The van der Waals surface area contributed by atoms with Crippen molar-refractivity contribution in [3.63, 3.8) is 0 Å². The van der Waals surface area contributed by atoms with E-state index < -0.39 is 6.09 Å². The summed E-state index contributed by atoms with van der Waals surface area (Å²) >= 11 is 5.41. The van der Waals surface area contributed by atoms with Gasteiger partial charge < -0.3 is 4.74 Å². The lowest BCUT2D eigenvalue weighted by atomic mass is 10.2. The molecule has 1 amide bonds. The molecule has 0 fully saturated rings. The first-order valence-corrected chi connectivity index (χ1v) is 7.31. The Hall–Kier alpha value is -1.15. The SMILES string of the molecule is O=C(Nc1ncc(Br)cc1I)OCc1ccccc1. The molecule has 0 aliphatic carbocycles. The molecule has 4 nitrogen and oxygen atoms in total. The molecule has 0 unspecified atom stereocenters. The Morgan fingerprint density at radius 3 is 2.79 bits per heavy atom. The van der Waals surface area contributed by atoms with Crippen LogP contribution in [0.4, 0.5) is 10.6 Å². The Morgan fingerprint density at radius 2 is 2.11 bits per heavy atom. The zero-order valence-electron chi connectivity index (χ0n) is 9.77. The van der Waals surface area contributed by atoms with E-state index in [0.717, 1.165) is 13.6 Å². The first-order chi connectivity index (χ1) is 9.15. The highest BCUT2D eigenvalue weighted by Crippen LogP contribution is 2.19. The van der Waals surface area contributed by atoms with Crippen LogP contribution < -0.4 is 5.32 Å². The van der Waals surface area contributed by atoms with Crippen molar-refractivity contribution in [2.24, 2.45) is 0 Å². The van der Waals surface area contributed by atoms with Crippen molar-refractivity contribution >= 4 is 50.4 Å². The number of nitrogens with zero attached hydrogens (tertiary/aromatic N) is 1. The van der Waals surface area contributed by atoms with Gasteiger partial charge in [-0.3, -0.25) is 5.32 Å². The number of ether oxygens (including phenoxy) is 1. The smallest absolute Gasteiger partial charge is 0.413 e.